The number of para-hydroxylation sites is 1. The smallest absolute Gasteiger partial charge is 0.407 e. The molecule has 0 aliphatic heterocycles. The Labute approximate surface area is 135 Å². The molecular formula is C16H24N2O5. The second-order valence-corrected chi connectivity index (χ2v) is 6.25. The molecule has 7 heteroatoms. The van der Waals surface area contributed by atoms with Crippen LogP contribution in [0.1, 0.15) is 40.5 Å². The van der Waals surface area contributed by atoms with E-state index in [2.05, 4.69) is 5.32 Å². The Hall–Kier alpha value is -2.44. The summed E-state index contributed by atoms with van der Waals surface area (Å²) in [6, 6.07) is 4.27. The summed E-state index contributed by atoms with van der Waals surface area (Å²) in [6.45, 7) is 7.07. The number of ether oxygens (including phenoxy) is 2. The van der Waals surface area contributed by atoms with Crippen molar-refractivity contribution in [1.29, 1.82) is 0 Å². The van der Waals surface area contributed by atoms with Gasteiger partial charge in [0.05, 0.1) is 5.69 Å². The third-order valence-electron chi connectivity index (χ3n) is 2.80. The van der Waals surface area contributed by atoms with Gasteiger partial charge in [-0.2, -0.15) is 0 Å². The van der Waals surface area contributed by atoms with Crippen LogP contribution in [-0.4, -0.2) is 28.8 Å². The van der Waals surface area contributed by atoms with E-state index in [1.165, 1.54) is 12.1 Å². The van der Waals surface area contributed by atoms with Crippen LogP contribution in [0.15, 0.2) is 18.2 Å². The molecule has 128 valence electrons. The van der Waals surface area contributed by atoms with E-state index in [1.807, 2.05) is 0 Å². The lowest BCUT2D eigenvalue weighted by Crippen LogP contribution is -2.38. The Kier molecular flexibility index (Phi) is 6.24. The quantitative estimate of drug-likeness (QED) is 0.332. The number of aromatic hydroxyl groups is 1. The molecular weight excluding hydrogens is 300 g/mol. The van der Waals surface area contributed by atoms with Gasteiger partial charge >= 0.3 is 12.1 Å². The third kappa shape index (κ3) is 6.90. The maximum absolute atomic E-state index is 11.8. The minimum Gasteiger partial charge on any atom is -0.503 e. The van der Waals surface area contributed by atoms with Crippen molar-refractivity contribution >= 4 is 17.7 Å². The zero-order valence-corrected chi connectivity index (χ0v) is 13.9. The summed E-state index contributed by atoms with van der Waals surface area (Å²) < 4.78 is 10.2. The summed E-state index contributed by atoms with van der Waals surface area (Å²) in [4.78, 5) is 23.4. The second kappa shape index (κ2) is 7.71. The molecule has 1 amide bonds. The van der Waals surface area contributed by atoms with Gasteiger partial charge in [-0.25, -0.2) is 4.79 Å². The Morgan fingerprint density at radius 2 is 2.00 bits per heavy atom. The topological polar surface area (TPSA) is 111 Å². The highest BCUT2D eigenvalue weighted by molar-refractivity contribution is 5.75. The van der Waals surface area contributed by atoms with Crippen LogP contribution in [0.2, 0.25) is 0 Å². The van der Waals surface area contributed by atoms with Crippen LogP contribution in [0.4, 0.5) is 10.5 Å². The summed E-state index contributed by atoms with van der Waals surface area (Å²) in [5.74, 6) is -0.771. The van der Waals surface area contributed by atoms with Crippen molar-refractivity contribution < 1.29 is 24.2 Å². The maximum Gasteiger partial charge on any atom is 0.407 e. The number of esters is 1. The molecule has 0 aliphatic carbocycles. The van der Waals surface area contributed by atoms with Crippen LogP contribution >= 0.6 is 0 Å². The molecule has 1 aromatic rings. The number of rotatable bonds is 5. The number of hydrogen-bond donors (Lipinski definition) is 3. The van der Waals surface area contributed by atoms with E-state index in [9.17, 15) is 14.7 Å². The lowest BCUT2D eigenvalue weighted by Gasteiger charge is -2.21. The normalized spacial score (nSPS) is 12.3. The molecule has 0 bridgehead atoms. The van der Waals surface area contributed by atoms with Crippen LogP contribution in [0.3, 0.4) is 0 Å². The minimum absolute atomic E-state index is 0.0164. The van der Waals surface area contributed by atoms with Gasteiger partial charge in [0.25, 0.3) is 0 Å². The van der Waals surface area contributed by atoms with Crippen molar-refractivity contribution in [2.75, 3.05) is 5.73 Å². The van der Waals surface area contributed by atoms with Crippen LogP contribution < -0.4 is 15.8 Å². The number of carbonyl (C=O) groups is 2. The van der Waals surface area contributed by atoms with Gasteiger partial charge in [-0.05, 0) is 46.2 Å². The summed E-state index contributed by atoms with van der Waals surface area (Å²) in [6.07, 6.45) is -0.0846. The number of phenols is 1. The van der Waals surface area contributed by atoms with Gasteiger partial charge in [0.15, 0.2) is 11.5 Å². The molecule has 1 atom stereocenters. The molecule has 0 saturated heterocycles. The zero-order valence-electron chi connectivity index (χ0n) is 13.9. The number of phenolic OH excluding ortho intramolecular Hbond substituents is 1. The Morgan fingerprint density at radius 3 is 2.61 bits per heavy atom. The number of amides is 1. The summed E-state index contributed by atoms with van der Waals surface area (Å²) in [7, 11) is 0. The lowest BCUT2D eigenvalue weighted by molar-refractivity contribution is -0.134. The number of nitrogen functional groups attached to an aromatic ring is 1. The van der Waals surface area contributed by atoms with E-state index < -0.39 is 17.7 Å². The monoisotopic (exact) mass is 324 g/mol. The van der Waals surface area contributed by atoms with Gasteiger partial charge in [-0.1, -0.05) is 6.07 Å². The second-order valence-electron chi connectivity index (χ2n) is 6.25. The average molecular weight is 324 g/mol. The van der Waals surface area contributed by atoms with Gasteiger partial charge in [0.2, 0.25) is 0 Å². The van der Waals surface area contributed by atoms with E-state index in [0.717, 1.165) is 0 Å². The van der Waals surface area contributed by atoms with E-state index in [1.54, 1.807) is 33.8 Å². The van der Waals surface area contributed by atoms with Crippen molar-refractivity contribution in [2.45, 2.75) is 52.2 Å². The first-order chi connectivity index (χ1) is 10.6. The zero-order chi connectivity index (χ0) is 17.6. The molecule has 0 saturated carbocycles. The molecule has 0 aliphatic rings. The molecule has 0 aromatic heterocycles. The fraction of sp³-hybridized carbons (Fsp3) is 0.500. The predicted octanol–water partition coefficient (Wildman–Crippen LogP) is 2.57. The first-order valence-electron chi connectivity index (χ1n) is 7.36. The number of hydrogen-bond acceptors (Lipinski definition) is 6. The van der Waals surface area contributed by atoms with E-state index in [0.29, 0.717) is 6.42 Å². The number of anilines is 1. The highest BCUT2D eigenvalue weighted by Crippen LogP contribution is 2.31. The molecule has 0 heterocycles. The highest BCUT2D eigenvalue weighted by Gasteiger charge is 2.18. The third-order valence-corrected chi connectivity index (χ3v) is 2.80. The highest BCUT2D eigenvalue weighted by atomic mass is 16.6. The molecule has 23 heavy (non-hydrogen) atoms. The van der Waals surface area contributed by atoms with Crippen LogP contribution in [-0.2, 0) is 9.53 Å². The van der Waals surface area contributed by atoms with Gasteiger partial charge in [-0.3, -0.25) is 4.79 Å². The van der Waals surface area contributed by atoms with Gasteiger partial charge in [-0.15, -0.1) is 0 Å². The molecule has 0 spiro atoms. The number of nitrogens with one attached hydrogen (secondary N) is 1. The summed E-state index contributed by atoms with van der Waals surface area (Å²) >= 11 is 0. The molecule has 1 aromatic carbocycles. The Bertz CT molecular complexity index is 566. The summed E-state index contributed by atoms with van der Waals surface area (Å²) in [5, 5.41) is 12.3. The standard InChI is InChI=1S/C16H24N2O5/c1-10(18-15(21)23-16(2,3)4)8-9-13(19)22-12-7-5-6-11(17)14(12)20/h5-7,10,20H,8-9,17H2,1-4H3,(H,18,21)/t10-/m1/s1. The van der Waals surface area contributed by atoms with Gasteiger partial charge in [0.1, 0.15) is 5.60 Å². The number of benzene rings is 1. The SMILES string of the molecule is C[C@H](CCC(=O)Oc1cccc(N)c1O)NC(=O)OC(C)(C)C. The Morgan fingerprint density at radius 1 is 1.35 bits per heavy atom. The van der Waals surface area contributed by atoms with Crippen LogP contribution in [0, 0.1) is 0 Å². The lowest BCUT2D eigenvalue weighted by atomic mass is 10.2. The summed E-state index contributed by atoms with van der Waals surface area (Å²) in [5.41, 5.74) is 5.08. The average Bonchev–Trinajstić information content (AvgIpc) is 2.39. The van der Waals surface area contributed by atoms with Crippen LogP contribution in [0.25, 0.3) is 0 Å². The first kappa shape index (κ1) is 18.6. The van der Waals surface area contributed by atoms with Gasteiger partial charge < -0.3 is 25.6 Å². The van der Waals surface area contributed by atoms with E-state index >= 15 is 0 Å². The van der Waals surface area contributed by atoms with Crippen molar-refractivity contribution in [3.05, 3.63) is 18.2 Å². The molecule has 7 nitrogen and oxygen atoms in total. The van der Waals surface area contributed by atoms with E-state index in [-0.39, 0.29) is 29.6 Å². The fourth-order valence-electron chi connectivity index (χ4n) is 1.71. The maximum atomic E-state index is 11.8. The van der Waals surface area contributed by atoms with Crippen molar-refractivity contribution in [2.24, 2.45) is 0 Å². The fourth-order valence-corrected chi connectivity index (χ4v) is 1.71. The molecule has 1 rings (SSSR count). The van der Waals surface area contributed by atoms with Crippen molar-refractivity contribution in [3.63, 3.8) is 0 Å². The minimum atomic E-state index is -0.576. The Balaban J connectivity index is 2.41. The first-order valence-corrected chi connectivity index (χ1v) is 7.36. The van der Waals surface area contributed by atoms with E-state index in [4.69, 9.17) is 15.2 Å². The molecule has 0 unspecified atom stereocenters. The molecule has 0 radical (unpaired) electrons. The molecule has 0 fully saturated rings. The number of carbonyl (C=O) groups excluding carboxylic acids is 2. The molecule has 4 N–H and O–H groups in total. The van der Waals surface area contributed by atoms with Crippen LogP contribution in [0.5, 0.6) is 11.5 Å². The van der Waals surface area contributed by atoms with Crippen molar-refractivity contribution in [1.82, 2.24) is 5.32 Å². The number of alkyl carbamates (subject to hydrolysis) is 1. The number of nitrogens with two attached hydrogens (primary N) is 1. The predicted molar refractivity (Wildman–Crippen MR) is 86.2 cm³/mol. The van der Waals surface area contributed by atoms with Crippen molar-refractivity contribution in [3.8, 4) is 11.5 Å². The largest absolute Gasteiger partial charge is 0.503 e. The van der Waals surface area contributed by atoms with Gasteiger partial charge in [0, 0.05) is 12.5 Å².